The van der Waals surface area contributed by atoms with Crippen LogP contribution in [0.15, 0.2) is 41.4 Å². The molecule has 4 bridgehead atoms. The van der Waals surface area contributed by atoms with Crippen molar-refractivity contribution in [2.24, 2.45) is 5.14 Å². The van der Waals surface area contributed by atoms with Gasteiger partial charge in [0.25, 0.3) is 0 Å². The van der Waals surface area contributed by atoms with Crippen molar-refractivity contribution in [2.75, 3.05) is 0 Å². The maximum absolute atomic E-state index is 11.5. The van der Waals surface area contributed by atoms with Crippen LogP contribution in [-0.2, 0) is 10.0 Å². The molecule has 2 aliphatic heterocycles. The summed E-state index contributed by atoms with van der Waals surface area (Å²) in [6.07, 6.45) is 1.73. The van der Waals surface area contributed by atoms with Crippen LogP contribution in [0, 0.1) is 0 Å². The third-order valence-electron chi connectivity index (χ3n) is 2.66. The summed E-state index contributed by atoms with van der Waals surface area (Å²) in [4.78, 5) is 4.33. The van der Waals surface area contributed by atoms with Crippen molar-refractivity contribution in [2.45, 2.75) is 4.90 Å². The average Bonchev–Trinajstić information content (AvgIpc) is 2.22. The Kier molecular flexibility index (Phi) is 1.72. The zero-order valence-electron chi connectivity index (χ0n) is 8.21. The predicted molar refractivity (Wildman–Crippen MR) is 60.0 cm³/mol. The molecule has 0 radical (unpaired) electrons. The Balaban J connectivity index is 2.47. The first-order chi connectivity index (χ1) is 7.55. The minimum atomic E-state index is -3.71. The molecule has 2 N–H and O–H groups in total. The molecule has 0 atom stereocenters. The Morgan fingerprint density at radius 1 is 1.06 bits per heavy atom. The fourth-order valence-corrected chi connectivity index (χ4v) is 2.64. The monoisotopic (exact) mass is 232 g/mol. The van der Waals surface area contributed by atoms with Crippen molar-refractivity contribution >= 4 is 10.0 Å². The molecule has 4 nitrogen and oxygen atoms in total. The quantitative estimate of drug-likeness (QED) is 0.688. The summed E-state index contributed by atoms with van der Waals surface area (Å²) in [6.45, 7) is 0. The number of nitrogens with zero attached hydrogens (tertiary/aromatic N) is 1. The second-order valence-corrected chi connectivity index (χ2v) is 5.22. The van der Waals surface area contributed by atoms with Crippen LogP contribution in [0.1, 0.15) is 0 Å². The van der Waals surface area contributed by atoms with Crippen molar-refractivity contribution in [3.8, 4) is 22.4 Å². The highest BCUT2D eigenvalue weighted by Gasteiger charge is 2.19. The number of aromatic nitrogens is 1. The van der Waals surface area contributed by atoms with E-state index in [2.05, 4.69) is 4.98 Å². The van der Waals surface area contributed by atoms with E-state index in [0.717, 1.165) is 11.1 Å². The standard InChI is InChI=1S/C11H8N2O2S/c12-16(14,15)11-5-7-1-3-9(11)10-4-2-8(7)6-13-10/h1-6H,(H2,12,14,15). The molecular weight excluding hydrogens is 224 g/mol. The number of hydrogen-bond acceptors (Lipinski definition) is 3. The molecule has 0 saturated heterocycles. The molecular formula is C11H8N2O2S. The molecule has 1 aromatic carbocycles. The topological polar surface area (TPSA) is 73.1 Å². The van der Waals surface area contributed by atoms with Gasteiger partial charge in [0.2, 0.25) is 10.0 Å². The second-order valence-electron chi connectivity index (χ2n) is 3.69. The predicted octanol–water partition coefficient (Wildman–Crippen LogP) is 1.38. The summed E-state index contributed by atoms with van der Waals surface area (Å²) >= 11 is 0. The summed E-state index contributed by atoms with van der Waals surface area (Å²) in [5.74, 6) is 0. The molecule has 3 heterocycles. The number of rotatable bonds is 1. The molecule has 2 aliphatic carbocycles. The van der Waals surface area contributed by atoms with Gasteiger partial charge in [0, 0.05) is 17.3 Å². The molecule has 4 aliphatic rings. The molecule has 0 saturated carbocycles. The summed E-state index contributed by atoms with van der Waals surface area (Å²) in [5, 5.41) is 5.19. The van der Waals surface area contributed by atoms with E-state index in [0.29, 0.717) is 11.3 Å². The lowest BCUT2D eigenvalue weighted by Crippen LogP contribution is -2.14. The zero-order chi connectivity index (χ0) is 11.3. The molecule has 1 aromatic heterocycles. The van der Waals surface area contributed by atoms with Crippen molar-refractivity contribution in [1.82, 2.24) is 4.98 Å². The van der Waals surface area contributed by atoms with E-state index in [1.807, 2.05) is 12.1 Å². The number of primary sulfonamides is 1. The molecule has 2 aromatic rings. The lowest BCUT2D eigenvalue weighted by atomic mass is 9.99. The van der Waals surface area contributed by atoms with Gasteiger partial charge < -0.3 is 0 Å². The Hall–Kier alpha value is -1.72. The van der Waals surface area contributed by atoms with Crippen LogP contribution in [-0.4, -0.2) is 13.4 Å². The molecule has 0 spiro atoms. The van der Waals surface area contributed by atoms with Crippen LogP contribution in [0.5, 0.6) is 0 Å². The normalized spacial score (nSPS) is 12.6. The Bertz CT molecular complexity index is 676. The first kappa shape index (κ1) is 9.50. The Morgan fingerprint density at radius 3 is 2.44 bits per heavy atom. The van der Waals surface area contributed by atoms with Gasteiger partial charge in [-0.2, -0.15) is 0 Å². The van der Waals surface area contributed by atoms with Crippen molar-refractivity contribution < 1.29 is 8.42 Å². The number of sulfonamides is 1. The van der Waals surface area contributed by atoms with Gasteiger partial charge in [-0.15, -0.1) is 0 Å². The number of nitrogens with two attached hydrogens (primary N) is 1. The van der Waals surface area contributed by atoms with Crippen LogP contribution in [0.25, 0.3) is 22.4 Å². The van der Waals surface area contributed by atoms with Crippen molar-refractivity contribution in [1.29, 1.82) is 0 Å². The summed E-state index contributed by atoms with van der Waals surface area (Å²) < 4.78 is 22.9. The van der Waals surface area contributed by atoms with E-state index in [-0.39, 0.29) is 4.90 Å². The first-order valence-electron chi connectivity index (χ1n) is 4.69. The molecule has 5 heteroatoms. The van der Waals surface area contributed by atoms with E-state index >= 15 is 0 Å². The maximum Gasteiger partial charge on any atom is 0.238 e. The number of hydrogen-bond donors (Lipinski definition) is 1. The molecule has 80 valence electrons. The van der Waals surface area contributed by atoms with Crippen LogP contribution in [0.3, 0.4) is 0 Å². The Labute approximate surface area is 92.8 Å². The largest absolute Gasteiger partial charge is 0.256 e. The van der Waals surface area contributed by atoms with Crippen molar-refractivity contribution in [3.05, 3.63) is 36.5 Å². The van der Waals surface area contributed by atoms with Crippen molar-refractivity contribution in [3.63, 3.8) is 0 Å². The Morgan fingerprint density at radius 2 is 1.81 bits per heavy atom. The van der Waals surface area contributed by atoms with Gasteiger partial charge in [0.05, 0.1) is 10.6 Å². The van der Waals surface area contributed by atoms with Crippen LogP contribution < -0.4 is 5.14 Å². The van der Waals surface area contributed by atoms with E-state index in [1.54, 1.807) is 24.4 Å². The summed E-state index contributed by atoms with van der Waals surface area (Å²) in [5.41, 5.74) is 2.88. The highest BCUT2D eigenvalue weighted by atomic mass is 32.2. The number of pyridine rings is 1. The van der Waals surface area contributed by atoms with E-state index in [1.165, 1.54) is 0 Å². The van der Waals surface area contributed by atoms with Gasteiger partial charge in [-0.1, -0.05) is 18.2 Å². The molecule has 6 rings (SSSR count). The zero-order valence-corrected chi connectivity index (χ0v) is 9.03. The first-order valence-corrected chi connectivity index (χ1v) is 6.24. The maximum atomic E-state index is 11.5. The molecule has 0 fully saturated rings. The van der Waals surface area contributed by atoms with E-state index < -0.39 is 10.0 Å². The van der Waals surface area contributed by atoms with Gasteiger partial charge in [-0.25, -0.2) is 13.6 Å². The summed E-state index contributed by atoms with van der Waals surface area (Å²) in [7, 11) is -3.71. The van der Waals surface area contributed by atoms with Gasteiger partial charge in [-0.05, 0) is 17.7 Å². The van der Waals surface area contributed by atoms with E-state index in [4.69, 9.17) is 5.14 Å². The summed E-state index contributed by atoms with van der Waals surface area (Å²) in [6, 6.07) is 8.91. The molecule has 16 heavy (non-hydrogen) atoms. The van der Waals surface area contributed by atoms with Crippen LogP contribution >= 0.6 is 0 Å². The van der Waals surface area contributed by atoms with Gasteiger partial charge >= 0.3 is 0 Å². The van der Waals surface area contributed by atoms with Crippen LogP contribution in [0.2, 0.25) is 0 Å². The van der Waals surface area contributed by atoms with E-state index in [9.17, 15) is 8.42 Å². The third-order valence-corrected chi connectivity index (χ3v) is 3.61. The lowest BCUT2D eigenvalue weighted by molar-refractivity contribution is 0.598. The fourth-order valence-electron chi connectivity index (χ4n) is 1.87. The lowest BCUT2D eigenvalue weighted by Gasteiger charge is -2.14. The SMILES string of the molecule is NS(=O)(=O)c1cc2ccc1-c1ccc-2cn1. The van der Waals surface area contributed by atoms with Gasteiger partial charge in [0.15, 0.2) is 0 Å². The molecule has 0 unspecified atom stereocenters. The minimum Gasteiger partial charge on any atom is -0.256 e. The average molecular weight is 232 g/mol. The van der Waals surface area contributed by atoms with Gasteiger partial charge in [0.1, 0.15) is 0 Å². The molecule has 0 amide bonds. The number of benzene rings is 1. The highest BCUT2D eigenvalue weighted by Crippen LogP contribution is 2.33. The smallest absolute Gasteiger partial charge is 0.238 e. The van der Waals surface area contributed by atoms with Crippen LogP contribution in [0.4, 0.5) is 0 Å². The highest BCUT2D eigenvalue weighted by molar-refractivity contribution is 7.89. The minimum absolute atomic E-state index is 0.138. The van der Waals surface area contributed by atoms with Gasteiger partial charge in [-0.3, -0.25) is 4.98 Å². The second kappa shape index (κ2) is 2.90. The third kappa shape index (κ3) is 1.26. The fraction of sp³-hybridized carbons (Fsp3) is 0.